The minimum atomic E-state index is -0.445. The molecule has 0 aliphatic heterocycles. The molecule has 0 aliphatic carbocycles. The molecule has 0 aliphatic rings. The second kappa shape index (κ2) is 11.7. The molecule has 35 heavy (non-hydrogen) atoms. The Kier molecular flexibility index (Phi) is 8.19. The third kappa shape index (κ3) is 5.73. The maximum Gasteiger partial charge on any atom is 0.332 e. The minimum absolute atomic E-state index is 0.0721. The first-order chi connectivity index (χ1) is 17.1. The third-order valence-corrected chi connectivity index (χ3v) is 5.89. The number of hydrogen-bond acceptors (Lipinski definition) is 6. The zero-order chi connectivity index (χ0) is 24.6. The van der Waals surface area contributed by atoms with Gasteiger partial charge in [0.15, 0.2) is 11.5 Å². The molecule has 4 aromatic rings. The molecule has 182 valence electrons. The van der Waals surface area contributed by atoms with Crippen molar-refractivity contribution in [2.75, 3.05) is 34.0 Å². The molecule has 0 saturated heterocycles. The number of rotatable bonds is 11. The molecule has 4 aromatic carbocycles. The monoisotopic (exact) mass is 474 g/mol. The number of carbonyl (C=O) groups is 1. The normalized spacial score (nSPS) is 12.0. The number of fused-ring (bicyclic) bond motifs is 2. The Bertz CT molecular complexity index is 1250. The van der Waals surface area contributed by atoms with Gasteiger partial charge in [-0.25, -0.2) is 4.79 Å². The minimum Gasteiger partial charge on any atom is -0.493 e. The van der Waals surface area contributed by atoms with Crippen molar-refractivity contribution in [3.05, 3.63) is 83.9 Å². The van der Waals surface area contributed by atoms with Crippen LogP contribution in [0.15, 0.2) is 72.8 Å². The fraction of sp³-hybridized carbons (Fsp3) is 0.276. The average Bonchev–Trinajstić information content (AvgIpc) is 2.90. The van der Waals surface area contributed by atoms with Gasteiger partial charge in [0.1, 0.15) is 19.3 Å². The van der Waals surface area contributed by atoms with E-state index in [1.54, 1.807) is 20.3 Å². The van der Waals surface area contributed by atoms with Crippen LogP contribution in [0.25, 0.3) is 21.5 Å². The summed E-state index contributed by atoms with van der Waals surface area (Å²) in [4.78, 5) is 12.5. The van der Waals surface area contributed by atoms with Gasteiger partial charge in [-0.2, -0.15) is 0 Å². The van der Waals surface area contributed by atoms with E-state index in [1.165, 1.54) is 0 Å². The molecule has 0 unspecified atom stereocenters. The van der Waals surface area contributed by atoms with Gasteiger partial charge in [0, 0.05) is 6.61 Å². The van der Waals surface area contributed by atoms with E-state index in [-0.39, 0.29) is 13.2 Å². The average molecular weight is 475 g/mol. The molecule has 0 spiro atoms. The van der Waals surface area contributed by atoms with Gasteiger partial charge in [0.05, 0.1) is 20.8 Å². The molecule has 0 N–H and O–H groups in total. The Morgan fingerprint density at radius 2 is 1.49 bits per heavy atom. The molecule has 0 bridgehead atoms. The van der Waals surface area contributed by atoms with Crippen molar-refractivity contribution in [3.63, 3.8) is 0 Å². The van der Waals surface area contributed by atoms with Crippen LogP contribution in [0.3, 0.4) is 0 Å². The van der Waals surface area contributed by atoms with E-state index in [1.807, 2.05) is 43.3 Å². The lowest BCUT2D eigenvalue weighted by molar-refractivity contribution is -0.153. The molecule has 4 rings (SSSR count). The highest BCUT2D eigenvalue weighted by atomic mass is 16.6. The Morgan fingerprint density at radius 1 is 0.829 bits per heavy atom. The van der Waals surface area contributed by atoms with Crippen LogP contribution in [0.5, 0.6) is 11.5 Å². The van der Waals surface area contributed by atoms with Crippen LogP contribution in [0.2, 0.25) is 0 Å². The summed E-state index contributed by atoms with van der Waals surface area (Å²) in [5.41, 5.74) is 1.89. The summed E-state index contributed by atoms with van der Waals surface area (Å²) >= 11 is 0. The Labute approximate surface area is 205 Å². The second-order valence-corrected chi connectivity index (χ2v) is 8.03. The number of hydrogen-bond donors (Lipinski definition) is 0. The van der Waals surface area contributed by atoms with E-state index < -0.39 is 12.1 Å². The van der Waals surface area contributed by atoms with E-state index >= 15 is 0 Å². The van der Waals surface area contributed by atoms with Gasteiger partial charge in [0.2, 0.25) is 0 Å². The fourth-order valence-electron chi connectivity index (χ4n) is 4.21. The van der Waals surface area contributed by atoms with E-state index in [4.69, 9.17) is 23.7 Å². The number of carbonyl (C=O) groups excluding carboxylic acids is 1. The van der Waals surface area contributed by atoms with Crippen molar-refractivity contribution < 1.29 is 28.5 Å². The molecule has 0 aromatic heterocycles. The number of benzene rings is 4. The van der Waals surface area contributed by atoms with E-state index in [2.05, 4.69) is 30.3 Å². The standard InChI is InChI=1S/C29H30O6/c1-4-34-28(22-13-14-26(31-2)27(16-22)32-3)18-35-29(30)19-33-17-25-23-11-7-5-9-20(23)15-21-10-6-8-12-24(21)25/h5-16,28H,4,17-19H2,1-3H3/t28-/m1/s1. The Hall–Kier alpha value is -3.61. The molecular weight excluding hydrogens is 444 g/mol. The Morgan fingerprint density at radius 3 is 2.11 bits per heavy atom. The van der Waals surface area contributed by atoms with Crippen LogP contribution >= 0.6 is 0 Å². The first kappa shape index (κ1) is 24.5. The van der Waals surface area contributed by atoms with Crippen molar-refractivity contribution in [1.82, 2.24) is 0 Å². The van der Waals surface area contributed by atoms with Crippen LogP contribution < -0.4 is 9.47 Å². The van der Waals surface area contributed by atoms with Gasteiger partial charge < -0.3 is 23.7 Å². The number of methoxy groups -OCH3 is 2. The predicted octanol–water partition coefficient (Wildman–Crippen LogP) is 5.85. The highest BCUT2D eigenvalue weighted by molar-refractivity contribution is 6.02. The highest BCUT2D eigenvalue weighted by Gasteiger charge is 2.17. The second-order valence-electron chi connectivity index (χ2n) is 8.03. The van der Waals surface area contributed by atoms with Gasteiger partial charge in [-0.3, -0.25) is 0 Å². The van der Waals surface area contributed by atoms with Crippen LogP contribution in [-0.2, 0) is 25.6 Å². The molecule has 0 fully saturated rings. The summed E-state index contributed by atoms with van der Waals surface area (Å²) in [5, 5.41) is 4.51. The van der Waals surface area contributed by atoms with Crippen LogP contribution in [0.4, 0.5) is 0 Å². The topological polar surface area (TPSA) is 63.2 Å². The van der Waals surface area contributed by atoms with Crippen molar-refractivity contribution in [2.24, 2.45) is 0 Å². The van der Waals surface area contributed by atoms with Crippen molar-refractivity contribution in [3.8, 4) is 11.5 Å². The molecule has 6 heteroatoms. The van der Waals surface area contributed by atoms with Gasteiger partial charge in [-0.1, -0.05) is 54.6 Å². The van der Waals surface area contributed by atoms with E-state index in [0.717, 1.165) is 32.7 Å². The zero-order valence-electron chi connectivity index (χ0n) is 20.3. The van der Waals surface area contributed by atoms with Crippen molar-refractivity contribution >= 4 is 27.5 Å². The molecular formula is C29H30O6. The zero-order valence-corrected chi connectivity index (χ0v) is 20.3. The van der Waals surface area contributed by atoms with E-state index in [9.17, 15) is 4.79 Å². The smallest absolute Gasteiger partial charge is 0.332 e. The lowest BCUT2D eigenvalue weighted by Gasteiger charge is -2.19. The van der Waals surface area contributed by atoms with Crippen molar-refractivity contribution in [2.45, 2.75) is 19.6 Å². The summed E-state index contributed by atoms with van der Waals surface area (Å²) in [6.07, 6.45) is -0.425. The first-order valence-corrected chi connectivity index (χ1v) is 11.6. The summed E-state index contributed by atoms with van der Waals surface area (Å²) in [7, 11) is 3.16. The Balaban J connectivity index is 1.40. The highest BCUT2D eigenvalue weighted by Crippen LogP contribution is 2.32. The quantitative estimate of drug-likeness (QED) is 0.201. The number of esters is 1. The molecule has 0 radical (unpaired) electrons. The van der Waals surface area contributed by atoms with Gasteiger partial charge in [-0.15, -0.1) is 0 Å². The molecule has 6 nitrogen and oxygen atoms in total. The summed E-state index contributed by atoms with van der Waals surface area (Å²) in [5.74, 6) is 0.768. The molecule has 0 saturated carbocycles. The maximum atomic E-state index is 12.5. The molecule has 1 atom stereocenters. The summed E-state index contributed by atoms with van der Waals surface area (Å²) in [6, 6.07) is 24.1. The van der Waals surface area contributed by atoms with E-state index in [0.29, 0.717) is 24.7 Å². The lowest BCUT2D eigenvalue weighted by atomic mass is 9.97. The van der Waals surface area contributed by atoms with Gasteiger partial charge in [-0.05, 0) is 57.8 Å². The summed E-state index contributed by atoms with van der Waals surface area (Å²) in [6.45, 7) is 2.60. The van der Waals surface area contributed by atoms with Crippen LogP contribution in [0, 0.1) is 0 Å². The fourth-order valence-corrected chi connectivity index (χ4v) is 4.21. The SMILES string of the molecule is CCO[C@H](COC(=O)COCc1c2ccccc2cc2ccccc12)c1ccc(OC)c(OC)c1. The number of ether oxygens (including phenoxy) is 5. The maximum absolute atomic E-state index is 12.5. The first-order valence-electron chi connectivity index (χ1n) is 11.6. The molecule has 0 heterocycles. The van der Waals surface area contributed by atoms with Gasteiger partial charge in [0.25, 0.3) is 0 Å². The predicted molar refractivity (Wildman–Crippen MR) is 136 cm³/mol. The third-order valence-electron chi connectivity index (χ3n) is 5.89. The lowest BCUT2D eigenvalue weighted by Crippen LogP contribution is -2.19. The van der Waals surface area contributed by atoms with Crippen molar-refractivity contribution in [1.29, 1.82) is 0 Å². The van der Waals surface area contributed by atoms with Crippen LogP contribution in [0.1, 0.15) is 24.2 Å². The van der Waals surface area contributed by atoms with Crippen LogP contribution in [-0.4, -0.2) is 40.0 Å². The largest absolute Gasteiger partial charge is 0.493 e. The molecule has 0 amide bonds. The summed E-state index contributed by atoms with van der Waals surface area (Å²) < 4.78 is 27.8. The van der Waals surface area contributed by atoms with Gasteiger partial charge >= 0.3 is 5.97 Å².